The Balaban J connectivity index is 1.42. The van der Waals surface area contributed by atoms with Crippen LogP contribution in [0.5, 0.6) is 0 Å². The van der Waals surface area contributed by atoms with Gasteiger partial charge in [-0.3, -0.25) is 9.59 Å². The molecule has 1 N–H and O–H groups in total. The summed E-state index contributed by atoms with van der Waals surface area (Å²) in [6.07, 6.45) is 3.52. The van der Waals surface area contributed by atoms with Gasteiger partial charge < -0.3 is 14.8 Å². The Labute approximate surface area is 148 Å². The smallest absolute Gasteiger partial charge is 0.228 e. The lowest BCUT2D eigenvalue weighted by molar-refractivity contribution is -0.139. The van der Waals surface area contributed by atoms with E-state index >= 15 is 0 Å². The summed E-state index contributed by atoms with van der Waals surface area (Å²) in [6.45, 7) is 4.56. The molecule has 1 aromatic carbocycles. The number of aromatic nitrogens is 1. The van der Waals surface area contributed by atoms with Crippen LogP contribution in [0.15, 0.2) is 42.6 Å². The maximum Gasteiger partial charge on any atom is 0.228 e. The van der Waals surface area contributed by atoms with Gasteiger partial charge in [0.1, 0.15) is 0 Å². The van der Waals surface area contributed by atoms with Gasteiger partial charge in [-0.25, -0.2) is 0 Å². The number of piperazine rings is 1. The van der Waals surface area contributed by atoms with Crippen molar-refractivity contribution in [3.05, 3.63) is 59.4 Å². The molecule has 1 fully saturated rings. The third-order valence-corrected chi connectivity index (χ3v) is 4.74. The molecule has 0 atom stereocenters. The molecule has 1 aromatic heterocycles. The van der Waals surface area contributed by atoms with Crippen molar-refractivity contribution in [1.29, 1.82) is 0 Å². The average Bonchev–Trinajstić information content (AvgIpc) is 3.14. The van der Waals surface area contributed by atoms with Gasteiger partial charge in [0.05, 0.1) is 6.42 Å². The van der Waals surface area contributed by atoms with E-state index in [2.05, 4.69) is 36.2 Å². The minimum atomic E-state index is 0.120. The van der Waals surface area contributed by atoms with Crippen LogP contribution in [0.3, 0.4) is 0 Å². The fraction of sp³-hybridized carbons (Fsp3) is 0.400. The fourth-order valence-corrected chi connectivity index (χ4v) is 3.12. The van der Waals surface area contributed by atoms with E-state index in [0.717, 1.165) is 12.1 Å². The third kappa shape index (κ3) is 4.72. The Hall–Kier alpha value is -2.56. The minimum absolute atomic E-state index is 0.120. The summed E-state index contributed by atoms with van der Waals surface area (Å²) in [7, 11) is 0. The van der Waals surface area contributed by atoms with E-state index < -0.39 is 0 Å². The van der Waals surface area contributed by atoms with Crippen molar-refractivity contribution in [2.24, 2.45) is 0 Å². The van der Waals surface area contributed by atoms with Gasteiger partial charge in [-0.15, -0.1) is 0 Å². The molecule has 1 aliphatic heterocycles. The normalized spacial score (nSPS) is 14.6. The largest absolute Gasteiger partial charge is 0.365 e. The number of carbonyl (C=O) groups is 2. The standard InChI is InChI=1S/C20H25N3O2/c1-16-4-6-17(7-5-16)8-9-19(24)22-11-13-23(14-12-22)20(25)15-18-3-2-10-21-18/h2-7,10,21H,8-9,11-15H2,1H3. The molecule has 2 amide bonds. The Morgan fingerprint density at radius 1 is 0.960 bits per heavy atom. The zero-order valence-corrected chi connectivity index (χ0v) is 14.7. The molecule has 0 aliphatic carbocycles. The van der Waals surface area contributed by atoms with Gasteiger partial charge in [-0.05, 0) is 31.0 Å². The Bertz CT molecular complexity index is 699. The summed E-state index contributed by atoms with van der Waals surface area (Å²) in [6, 6.07) is 12.1. The first-order valence-corrected chi connectivity index (χ1v) is 8.85. The molecule has 0 spiro atoms. The molecule has 0 saturated carbocycles. The second kappa shape index (κ2) is 8.01. The summed E-state index contributed by atoms with van der Waals surface area (Å²) in [5.41, 5.74) is 3.36. The number of hydrogen-bond donors (Lipinski definition) is 1. The molecule has 5 nitrogen and oxygen atoms in total. The topological polar surface area (TPSA) is 56.4 Å². The molecular weight excluding hydrogens is 314 g/mol. The molecule has 1 saturated heterocycles. The lowest BCUT2D eigenvalue weighted by Crippen LogP contribution is -2.51. The highest BCUT2D eigenvalue weighted by Crippen LogP contribution is 2.10. The quantitative estimate of drug-likeness (QED) is 0.908. The number of nitrogens with one attached hydrogen (secondary N) is 1. The molecule has 2 heterocycles. The lowest BCUT2D eigenvalue weighted by Gasteiger charge is -2.35. The van der Waals surface area contributed by atoms with Crippen LogP contribution in [0.4, 0.5) is 0 Å². The molecule has 0 radical (unpaired) electrons. The van der Waals surface area contributed by atoms with Gasteiger partial charge in [0.25, 0.3) is 0 Å². The van der Waals surface area contributed by atoms with Crippen molar-refractivity contribution in [3.8, 4) is 0 Å². The molecule has 0 bridgehead atoms. The van der Waals surface area contributed by atoms with Crippen LogP contribution in [0.2, 0.25) is 0 Å². The van der Waals surface area contributed by atoms with Crippen molar-refractivity contribution in [2.75, 3.05) is 26.2 Å². The van der Waals surface area contributed by atoms with Crippen LogP contribution in [0, 0.1) is 6.92 Å². The lowest BCUT2D eigenvalue weighted by atomic mass is 10.1. The van der Waals surface area contributed by atoms with Gasteiger partial charge in [0, 0.05) is 44.5 Å². The van der Waals surface area contributed by atoms with Gasteiger partial charge in [0.15, 0.2) is 0 Å². The van der Waals surface area contributed by atoms with Crippen LogP contribution in [-0.4, -0.2) is 52.8 Å². The molecule has 3 rings (SSSR count). The Morgan fingerprint density at radius 3 is 2.20 bits per heavy atom. The fourth-order valence-electron chi connectivity index (χ4n) is 3.12. The van der Waals surface area contributed by atoms with Crippen LogP contribution >= 0.6 is 0 Å². The SMILES string of the molecule is Cc1ccc(CCC(=O)N2CCN(C(=O)Cc3ccc[nH]3)CC2)cc1. The number of H-pyrrole nitrogens is 1. The number of hydrogen-bond acceptors (Lipinski definition) is 2. The van der Waals surface area contributed by atoms with E-state index in [0.29, 0.717) is 39.0 Å². The van der Waals surface area contributed by atoms with E-state index in [-0.39, 0.29) is 11.8 Å². The van der Waals surface area contributed by atoms with Crippen LogP contribution in [0.25, 0.3) is 0 Å². The maximum atomic E-state index is 12.4. The van der Waals surface area contributed by atoms with Crippen molar-refractivity contribution in [3.63, 3.8) is 0 Å². The predicted octanol–water partition coefficient (Wildman–Crippen LogP) is 2.17. The van der Waals surface area contributed by atoms with Crippen molar-refractivity contribution in [2.45, 2.75) is 26.2 Å². The summed E-state index contributed by atoms with van der Waals surface area (Å²) in [5.74, 6) is 0.297. The van der Waals surface area contributed by atoms with E-state index in [4.69, 9.17) is 0 Å². The highest BCUT2D eigenvalue weighted by atomic mass is 16.2. The summed E-state index contributed by atoms with van der Waals surface area (Å²) in [5, 5.41) is 0. The molecule has 25 heavy (non-hydrogen) atoms. The van der Waals surface area contributed by atoms with Crippen molar-refractivity contribution in [1.82, 2.24) is 14.8 Å². The Kier molecular flexibility index (Phi) is 5.53. The number of aryl methyl sites for hydroxylation is 2. The van der Waals surface area contributed by atoms with E-state index in [1.165, 1.54) is 11.1 Å². The van der Waals surface area contributed by atoms with E-state index in [1.54, 1.807) is 0 Å². The summed E-state index contributed by atoms with van der Waals surface area (Å²) in [4.78, 5) is 31.5. The predicted molar refractivity (Wildman–Crippen MR) is 97.2 cm³/mol. The first-order chi connectivity index (χ1) is 12.1. The first kappa shape index (κ1) is 17.3. The third-order valence-electron chi connectivity index (χ3n) is 4.74. The Morgan fingerprint density at radius 2 is 1.60 bits per heavy atom. The van der Waals surface area contributed by atoms with Crippen LogP contribution in [-0.2, 0) is 22.4 Å². The maximum absolute atomic E-state index is 12.4. The molecule has 0 unspecified atom stereocenters. The van der Waals surface area contributed by atoms with Gasteiger partial charge in [0.2, 0.25) is 11.8 Å². The zero-order chi connectivity index (χ0) is 17.6. The molecule has 5 heteroatoms. The van der Waals surface area contributed by atoms with Gasteiger partial charge in [-0.1, -0.05) is 29.8 Å². The van der Waals surface area contributed by atoms with Crippen molar-refractivity contribution < 1.29 is 9.59 Å². The first-order valence-electron chi connectivity index (χ1n) is 8.85. The number of carbonyl (C=O) groups excluding carboxylic acids is 2. The van der Waals surface area contributed by atoms with Gasteiger partial charge >= 0.3 is 0 Å². The molecule has 2 aromatic rings. The second-order valence-electron chi connectivity index (χ2n) is 6.62. The second-order valence-corrected chi connectivity index (χ2v) is 6.62. The minimum Gasteiger partial charge on any atom is -0.365 e. The molecule has 1 aliphatic rings. The van der Waals surface area contributed by atoms with Crippen molar-refractivity contribution >= 4 is 11.8 Å². The molecular formula is C20H25N3O2. The van der Waals surface area contributed by atoms with E-state index in [1.807, 2.05) is 28.1 Å². The summed E-state index contributed by atoms with van der Waals surface area (Å²) < 4.78 is 0. The highest BCUT2D eigenvalue weighted by molar-refractivity contribution is 5.79. The average molecular weight is 339 g/mol. The number of rotatable bonds is 5. The number of benzene rings is 1. The van der Waals surface area contributed by atoms with E-state index in [9.17, 15) is 9.59 Å². The summed E-state index contributed by atoms with van der Waals surface area (Å²) >= 11 is 0. The zero-order valence-electron chi connectivity index (χ0n) is 14.7. The monoisotopic (exact) mass is 339 g/mol. The number of nitrogens with zero attached hydrogens (tertiary/aromatic N) is 2. The van der Waals surface area contributed by atoms with Crippen LogP contribution in [0.1, 0.15) is 23.2 Å². The molecule has 132 valence electrons. The number of amides is 2. The van der Waals surface area contributed by atoms with Crippen LogP contribution < -0.4 is 0 Å². The number of aromatic amines is 1. The van der Waals surface area contributed by atoms with Gasteiger partial charge in [-0.2, -0.15) is 0 Å². The highest BCUT2D eigenvalue weighted by Gasteiger charge is 2.24.